The van der Waals surface area contributed by atoms with E-state index in [1.165, 1.54) is 23.5 Å². The molecule has 1 aliphatic heterocycles. The van der Waals surface area contributed by atoms with Gasteiger partial charge in [-0.3, -0.25) is 0 Å². The van der Waals surface area contributed by atoms with Crippen molar-refractivity contribution >= 4 is 38.7 Å². The van der Waals surface area contributed by atoms with Crippen LogP contribution in [0.25, 0.3) is 10.8 Å². The molecule has 2 aromatic heterocycles. The van der Waals surface area contributed by atoms with Crippen LogP contribution in [0.3, 0.4) is 0 Å². The van der Waals surface area contributed by atoms with Crippen molar-refractivity contribution in [3.05, 3.63) is 46.8 Å². The Bertz CT molecular complexity index is 974. The quantitative estimate of drug-likeness (QED) is 0.652. The highest BCUT2D eigenvalue weighted by molar-refractivity contribution is 7.91. The summed E-state index contributed by atoms with van der Waals surface area (Å²) < 4.78 is 32.1. The first-order valence-corrected chi connectivity index (χ1v) is 10.6. The molecule has 0 unspecified atom stereocenters. The summed E-state index contributed by atoms with van der Waals surface area (Å²) in [7, 11) is -3.79. The minimum absolute atomic E-state index is 0.0277. The second-order valence-electron chi connectivity index (χ2n) is 5.76. The summed E-state index contributed by atoms with van der Waals surface area (Å²) in [6.45, 7) is 1.53. The fourth-order valence-electron chi connectivity index (χ4n) is 2.82. The Morgan fingerprint density at radius 3 is 2.48 bits per heavy atom. The molecule has 4 rings (SSSR count). The number of benzene rings is 1. The van der Waals surface area contributed by atoms with Gasteiger partial charge in [-0.25, -0.2) is 8.42 Å². The Hall–Kier alpha value is -1.83. The highest BCUT2D eigenvalue weighted by Gasteiger charge is 2.32. The molecule has 0 saturated carbocycles. The zero-order chi connectivity index (χ0) is 17.4. The van der Waals surface area contributed by atoms with E-state index in [4.69, 9.17) is 16.0 Å². The number of anilines is 1. The number of nitrogens with zero attached hydrogens (tertiary/aromatic N) is 2. The van der Waals surface area contributed by atoms with Crippen LogP contribution in [0.15, 0.2) is 56.1 Å². The van der Waals surface area contributed by atoms with E-state index in [-0.39, 0.29) is 9.92 Å². The zero-order valence-corrected chi connectivity index (χ0v) is 15.6. The molecule has 25 heavy (non-hydrogen) atoms. The van der Waals surface area contributed by atoms with Crippen molar-refractivity contribution in [2.45, 2.75) is 22.8 Å². The van der Waals surface area contributed by atoms with Gasteiger partial charge in [0.2, 0.25) is 26.6 Å². The van der Waals surface area contributed by atoms with E-state index in [1.807, 2.05) is 22.4 Å². The van der Waals surface area contributed by atoms with Gasteiger partial charge in [-0.15, -0.1) is 11.3 Å². The van der Waals surface area contributed by atoms with Gasteiger partial charge in [-0.1, -0.05) is 17.7 Å². The molecule has 1 aliphatic rings. The van der Waals surface area contributed by atoms with Crippen LogP contribution < -0.4 is 4.90 Å². The maximum atomic E-state index is 13.1. The van der Waals surface area contributed by atoms with Crippen LogP contribution in [0.1, 0.15) is 12.8 Å². The second-order valence-corrected chi connectivity index (χ2v) is 9.01. The third kappa shape index (κ3) is 3.07. The van der Waals surface area contributed by atoms with Crippen LogP contribution in [0, 0.1) is 0 Å². The van der Waals surface area contributed by atoms with Crippen molar-refractivity contribution in [3.63, 3.8) is 0 Å². The molecule has 0 N–H and O–H groups in total. The third-order valence-corrected chi connectivity index (χ3v) is 6.86. The second kappa shape index (κ2) is 6.48. The van der Waals surface area contributed by atoms with Gasteiger partial charge in [0.1, 0.15) is 0 Å². The average molecular weight is 395 g/mol. The van der Waals surface area contributed by atoms with Crippen molar-refractivity contribution in [1.82, 2.24) is 4.98 Å². The van der Waals surface area contributed by atoms with Gasteiger partial charge in [0.05, 0.1) is 9.77 Å². The molecular weight excluding hydrogens is 380 g/mol. The highest BCUT2D eigenvalue weighted by atomic mass is 35.5. The predicted molar refractivity (Wildman–Crippen MR) is 98.2 cm³/mol. The number of halogens is 1. The molecule has 0 radical (unpaired) electrons. The molecule has 0 spiro atoms. The minimum atomic E-state index is -3.79. The molecule has 0 bridgehead atoms. The number of rotatable bonds is 4. The maximum absolute atomic E-state index is 13.1. The van der Waals surface area contributed by atoms with Crippen molar-refractivity contribution in [3.8, 4) is 10.8 Å². The van der Waals surface area contributed by atoms with Crippen LogP contribution in [0.2, 0.25) is 5.02 Å². The van der Waals surface area contributed by atoms with Crippen LogP contribution in [-0.4, -0.2) is 26.5 Å². The van der Waals surface area contributed by atoms with E-state index in [2.05, 4.69) is 4.98 Å². The molecule has 8 heteroatoms. The highest BCUT2D eigenvalue weighted by Crippen LogP contribution is 2.37. The van der Waals surface area contributed by atoms with E-state index in [0.717, 1.165) is 30.8 Å². The molecular formula is C17H15ClN2O3S2. The number of oxazole rings is 1. The molecule has 3 heterocycles. The van der Waals surface area contributed by atoms with Gasteiger partial charge < -0.3 is 9.32 Å². The molecule has 3 aromatic rings. The van der Waals surface area contributed by atoms with Crippen LogP contribution in [0.4, 0.5) is 5.88 Å². The van der Waals surface area contributed by atoms with Crippen LogP contribution in [0.5, 0.6) is 0 Å². The van der Waals surface area contributed by atoms with E-state index >= 15 is 0 Å². The normalized spacial score (nSPS) is 15.0. The molecule has 5 nitrogen and oxygen atoms in total. The summed E-state index contributed by atoms with van der Waals surface area (Å²) >= 11 is 7.34. The van der Waals surface area contributed by atoms with E-state index in [0.29, 0.717) is 16.8 Å². The van der Waals surface area contributed by atoms with Gasteiger partial charge in [0, 0.05) is 18.1 Å². The van der Waals surface area contributed by atoms with E-state index in [9.17, 15) is 8.42 Å². The lowest BCUT2D eigenvalue weighted by atomic mass is 10.4. The molecule has 1 saturated heterocycles. The van der Waals surface area contributed by atoms with Crippen LogP contribution in [-0.2, 0) is 9.84 Å². The first-order valence-electron chi connectivity index (χ1n) is 7.86. The van der Waals surface area contributed by atoms with Crippen molar-refractivity contribution in [2.75, 3.05) is 18.0 Å². The Morgan fingerprint density at radius 1 is 1.12 bits per heavy atom. The minimum Gasteiger partial charge on any atom is -0.418 e. The number of hydrogen-bond acceptors (Lipinski definition) is 6. The monoisotopic (exact) mass is 394 g/mol. The van der Waals surface area contributed by atoms with E-state index in [1.54, 1.807) is 12.1 Å². The number of aromatic nitrogens is 1. The van der Waals surface area contributed by atoms with Gasteiger partial charge in [-0.2, -0.15) is 4.98 Å². The summed E-state index contributed by atoms with van der Waals surface area (Å²) in [5, 5.41) is 2.36. The summed E-state index contributed by atoms with van der Waals surface area (Å²) in [5.74, 6) is 0.667. The smallest absolute Gasteiger partial charge is 0.240 e. The van der Waals surface area contributed by atoms with Crippen molar-refractivity contribution in [2.24, 2.45) is 0 Å². The summed E-state index contributed by atoms with van der Waals surface area (Å²) in [6, 6.07) is 9.85. The van der Waals surface area contributed by atoms with E-state index < -0.39 is 9.84 Å². The molecule has 1 fully saturated rings. The number of thiophene rings is 1. The number of hydrogen-bond donors (Lipinski definition) is 0. The summed E-state index contributed by atoms with van der Waals surface area (Å²) in [6.07, 6.45) is 2.02. The topological polar surface area (TPSA) is 63.4 Å². The van der Waals surface area contributed by atoms with Gasteiger partial charge in [0.15, 0.2) is 0 Å². The van der Waals surface area contributed by atoms with Crippen molar-refractivity contribution in [1.29, 1.82) is 0 Å². The molecule has 130 valence electrons. The maximum Gasteiger partial charge on any atom is 0.240 e. The lowest BCUT2D eigenvalue weighted by Gasteiger charge is -2.14. The number of sulfone groups is 1. The standard InChI is InChI=1S/C17H15ClN2O3S2/c18-12-5-7-13(8-6-12)25(21,22)16-17(20-9-1-2-10-20)23-15(19-16)14-4-3-11-24-14/h3-8,11H,1-2,9-10H2. The summed E-state index contributed by atoms with van der Waals surface area (Å²) in [4.78, 5) is 7.26. The van der Waals surface area contributed by atoms with Crippen molar-refractivity contribution < 1.29 is 12.8 Å². The van der Waals surface area contributed by atoms with Gasteiger partial charge in [0.25, 0.3) is 0 Å². The predicted octanol–water partition coefficient (Wildman–Crippen LogP) is 4.49. The van der Waals surface area contributed by atoms with Crippen LogP contribution >= 0.6 is 22.9 Å². The molecule has 1 aromatic carbocycles. The SMILES string of the molecule is O=S(=O)(c1ccc(Cl)cc1)c1nc(-c2cccs2)oc1N1CCCC1. The Kier molecular flexibility index (Phi) is 4.31. The fourth-order valence-corrected chi connectivity index (χ4v) is 4.92. The third-order valence-electron chi connectivity index (χ3n) is 4.08. The Balaban J connectivity index is 1.85. The molecule has 0 atom stereocenters. The van der Waals surface area contributed by atoms with Gasteiger partial charge in [-0.05, 0) is 48.6 Å². The first-order chi connectivity index (χ1) is 12.1. The van der Waals surface area contributed by atoms with Gasteiger partial charge >= 0.3 is 0 Å². The summed E-state index contributed by atoms with van der Waals surface area (Å²) in [5.41, 5.74) is 0. The zero-order valence-electron chi connectivity index (χ0n) is 13.2. The lowest BCUT2D eigenvalue weighted by Crippen LogP contribution is -2.19. The Labute approximate surface area is 154 Å². The average Bonchev–Trinajstić information content (AvgIpc) is 3.34. The molecule has 0 aliphatic carbocycles. The Morgan fingerprint density at radius 2 is 1.84 bits per heavy atom. The lowest BCUT2D eigenvalue weighted by molar-refractivity contribution is 0.557. The first kappa shape index (κ1) is 16.6. The largest absolute Gasteiger partial charge is 0.418 e. The fraction of sp³-hybridized carbons (Fsp3) is 0.235. The molecule has 0 amide bonds.